The van der Waals surface area contributed by atoms with Crippen LogP contribution in [-0.4, -0.2) is 19.9 Å². The fourth-order valence-corrected chi connectivity index (χ4v) is 18.3. The molecule has 17 rings (SSSR count). The van der Waals surface area contributed by atoms with E-state index in [1.165, 1.54) is 261 Å². The van der Waals surface area contributed by atoms with Gasteiger partial charge in [-0.3, -0.25) is 19.9 Å². The lowest BCUT2D eigenvalue weighted by molar-refractivity contribution is 0.589. The highest BCUT2D eigenvalue weighted by molar-refractivity contribution is 5.90. The van der Waals surface area contributed by atoms with Crippen LogP contribution in [0.25, 0.3) is 88.1 Å². The van der Waals surface area contributed by atoms with Gasteiger partial charge in [0.2, 0.25) is 0 Å². The van der Waals surface area contributed by atoms with Crippen molar-refractivity contribution in [1.29, 1.82) is 0 Å². The number of nitrogens with zero attached hydrogens (tertiary/aromatic N) is 4. The molecule has 5 heteroatoms. The summed E-state index contributed by atoms with van der Waals surface area (Å²) in [6.45, 7) is 30.4. The van der Waals surface area contributed by atoms with Gasteiger partial charge in [0, 0.05) is 68.6 Å². The van der Waals surface area contributed by atoms with Gasteiger partial charge in [-0.1, -0.05) is 190 Å². The second-order valence-electron chi connectivity index (χ2n) is 34.3. The van der Waals surface area contributed by atoms with Gasteiger partial charge in [-0.2, -0.15) is 0 Å². The third-order valence-corrected chi connectivity index (χ3v) is 25.8. The summed E-state index contributed by atoms with van der Waals surface area (Å²) in [5, 5.41) is 10.1. The topological polar surface area (TPSA) is 51.6 Å². The first kappa shape index (κ1) is 74.2. The standard InChI is InChI=1S/C27H31N.C26H31N.C25H29N.C23H24FN/c1-18-13-24(21-9-5-6-10-21)15-26(19(18)2)27-16-25-14-22(20-7-3-4-8-20)11-12-23(25)17-28-27;1-17-12-23(26(3,4)5)15-24(18(17)2)25-14-22-13-20(19-8-6-7-9-19)10-11-21(22)16-27-25;1-16(2)22-11-17(3)18(4)24(13-22)25-14-23-12-20(19-7-5-6-8-19)9-10-21(23)15-26-25;1-14-10-21(15(2)16(3)23(14)24)22-12-20-11-18(17-6-4-5-7-17)8-9-19(20)13-25-22/h11-17,20-21H,3-10H2,1-2H3;10-16,19H,6-9H2,1-5H3;9-16,19H,5-8H2,1-4H3;8-13,17H,4-7H2,1-3H3. The van der Waals surface area contributed by atoms with Crippen LogP contribution in [0, 0.1) is 68.1 Å². The molecule has 4 heterocycles. The fourth-order valence-electron chi connectivity index (χ4n) is 18.3. The van der Waals surface area contributed by atoms with Crippen molar-refractivity contribution in [3.05, 3.63) is 259 Å². The van der Waals surface area contributed by atoms with Crippen LogP contribution < -0.4 is 0 Å². The molecule has 0 unspecified atom stereocenters. The zero-order chi connectivity index (χ0) is 74.1. The van der Waals surface area contributed by atoms with E-state index in [1.54, 1.807) is 0 Å². The van der Waals surface area contributed by atoms with E-state index in [1.807, 2.05) is 45.4 Å². The molecule has 0 spiro atoms. The minimum absolute atomic E-state index is 0.106. The zero-order valence-electron chi connectivity index (χ0n) is 66.4. The van der Waals surface area contributed by atoms with Crippen LogP contribution >= 0.6 is 0 Å². The molecule has 5 fully saturated rings. The molecule has 12 aromatic rings. The Labute approximate surface area is 634 Å². The number of pyridine rings is 4. The van der Waals surface area contributed by atoms with Crippen molar-refractivity contribution in [1.82, 2.24) is 19.9 Å². The number of aromatic nitrogens is 4. The Morgan fingerprint density at radius 1 is 0.292 bits per heavy atom. The maximum Gasteiger partial charge on any atom is 0.129 e. The molecular weight excluding hydrogens is 1290 g/mol. The van der Waals surface area contributed by atoms with Gasteiger partial charge in [0.15, 0.2) is 0 Å². The van der Waals surface area contributed by atoms with Crippen molar-refractivity contribution in [3.63, 3.8) is 0 Å². The van der Waals surface area contributed by atoms with Crippen LogP contribution in [0.3, 0.4) is 0 Å². The predicted octanol–water partition coefficient (Wildman–Crippen LogP) is 29.2. The number of rotatable bonds is 10. The largest absolute Gasteiger partial charge is 0.256 e. The summed E-state index contributed by atoms with van der Waals surface area (Å²) in [7, 11) is 0. The van der Waals surface area contributed by atoms with E-state index in [9.17, 15) is 4.39 Å². The monoisotopic (exact) mass is 1400 g/mol. The summed E-state index contributed by atoms with van der Waals surface area (Å²) >= 11 is 0. The van der Waals surface area contributed by atoms with E-state index in [4.69, 9.17) is 15.0 Å². The van der Waals surface area contributed by atoms with Gasteiger partial charge in [-0.05, 0) is 327 Å². The minimum Gasteiger partial charge on any atom is -0.256 e. The summed E-state index contributed by atoms with van der Waals surface area (Å²) in [6.07, 6.45) is 35.2. The van der Waals surface area contributed by atoms with Gasteiger partial charge in [0.25, 0.3) is 0 Å². The molecule has 4 aromatic heterocycles. The summed E-state index contributed by atoms with van der Waals surface area (Å²) in [5.74, 6) is 4.14. The van der Waals surface area contributed by atoms with Crippen LogP contribution in [-0.2, 0) is 5.41 Å². The molecule has 0 amide bonds. The highest BCUT2D eigenvalue weighted by Crippen LogP contribution is 2.44. The highest BCUT2D eigenvalue weighted by Gasteiger charge is 2.25. The van der Waals surface area contributed by atoms with Crippen molar-refractivity contribution in [2.24, 2.45) is 0 Å². The number of fused-ring (bicyclic) bond motifs is 4. The first-order valence-electron chi connectivity index (χ1n) is 40.8. The molecule has 0 atom stereocenters. The molecule has 4 nitrogen and oxygen atoms in total. The van der Waals surface area contributed by atoms with E-state index < -0.39 is 0 Å². The molecule has 106 heavy (non-hydrogen) atoms. The fraction of sp³-hybridized carbons (Fsp3) is 0.406. The predicted molar refractivity (Wildman–Crippen MR) is 450 cm³/mol. The Kier molecular flexibility index (Phi) is 22.4. The van der Waals surface area contributed by atoms with Gasteiger partial charge in [-0.25, -0.2) is 4.39 Å². The third-order valence-electron chi connectivity index (χ3n) is 25.8. The number of aryl methyl sites for hydroxylation is 4. The van der Waals surface area contributed by atoms with Gasteiger partial charge in [0.05, 0.1) is 22.8 Å². The van der Waals surface area contributed by atoms with Crippen molar-refractivity contribution >= 4 is 43.1 Å². The first-order valence-corrected chi connectivity index (χ1v) is 40.8. The number of hydrogen-bond donors (Lipinski definition) is 0. The van der Waals surface area contributed by atoms with E-state index >= 15 is 0 Å². The summed E-state index contributed by atoms with van der Waals surface area (Å²) in [6, 6.07) is 53.0. The van der Waals surface area contributed by atoms with E-state index in [0.29, 0.717) is 17.4 Å². The van der Waals surface area contributed by atoms with Gasteiger partial charge < -0.3 is 0 Å². The normalized spacial score (nSPS) is 16.2. The molecule has 0 N–H and O–H groups in total. The van der Waals surface area contributed by atoms with Crippen LogP contribution in [0.2, 0.25) is 0 Å². The van der Waals surface area contributed by atoms with Crippen LogP contribution in [0.4, 0.5) is 4.39 Å². The molecule has 546 valence electrons. The Bertz CT molecular complexity index is 5190. The maximum atomic E-state index is 14.1. The molecule has 8 aromatic carbocycles. The smallest absolute Gasteiger partial charge is 0.129 e. The SMILES string of the molecule is Cc1cc(-c2cc3cc(C4CCCC4)ccc3cn2)c(C)c(C)c1F.Cc1cc(C(C)(C)C)cc(-c2cc3cc(C4CCCC4)ccc3cn2)c1C.Cc1cc(C(C)C)cc(-c2cc3cc(C4CCCC4)ccc3cn2)c1C.Cc1cc(C2CCCC2)cc(-c2cc3cc(C4CCCC4)ccc3cn2)c1C. The molecule has 0 saturated heterocycles. The third kappa shape index (κ3) is 16.3. The van der Waals surface area contributed by atoms with Gasteiger partial charge >= 0.3 is 0 Å². The average molecular weight is 1400 g/mol. The Morgan fingerprint density at radius 2 is 0.594 bits per heavy atom. The summed E-state index contributed by atoms with van der Waals surface area (Å²) < 4.78 is 14.1. The molecule has 0 radical (unpaired) electrons. The molecule has 5 aliphatic carbocycles. The van der Waals surface area contributed by atoms with Crippen LogP contribution in [0.5, 0.6) is 0 Å². The summed E-state index contributed by atoms with van der Waals surface area (Å²) in [4.78, 5) is 19.2. The maximum absolute atomic E-state index is 14.1. The second kappa shape index (κ2) is 32.0. The lowest BCUT2D eigenvalue weighted by atomic mass is 9.83. The first-order chi connectivity index (χ1) is 51.1. The van der Waals surface area contributed by atoms with Gasteiger partial charge in [-0.15, -0.1) is 0 Å². The Hall–Kier alpha value is -8.67. The Morgan fingerprint density at radius 3 is 0.934 bits per heavy atom. The van der Waals surface area contributed by atoms with E-state index in [-0.39, 0.29) is 11.2 Å². The zero-order valence-corrected chi connectivity index (χ0v) is 66.4. The molecule has 5 aliphatic rings. The lowest BCUT2D eigenvalue weighted by Gasteiger charge is -2.22. The quantitative estimate of drug-likeness (QED) is 0.137. The van der Waals surface area contributed by atoms with E-state index in [2.05, 4.69) is 221 Å². The van der Waals surface area contributed by atoms with E-state index in [0.717, 1.165) is 63.1 Å². The highest BCUT2D eigenvalue weighted by atomic mass is 19.1. The molecule has 0 bridgehead atoms. The van der Waals surface area contributed by atoms with Crippen molar-refractivity contribution in [3.8, 4) is 45.0 Å². The molecular formula is C101H115FN4. The van der Waals surface area contributed by atoms with Crippen LogP contribution in [0.1, 0.15) is 288 Å². The lowest BCUT2D eigenvalue weighted by Crippen LogP contribution is -2.12. The second-order valence-corrected chi connectivity index (χ2v) is 34.3. The van der Waals surface area contributed by atoms with Crippen molar-refractivity contribution in [2.45, 2.75) is 266 Å². The summed E-state index contributed by atoms with van der Waals surface area (Å²) in [5.41, 5.74) is 30.1. The molecule has 5 saturated carbocycles. The Balaban J connectivity index is 0.000000119. The van der Waals surface area contributed by atoms with Crippen LogP contribution in [0.15, 0.2) is 164 Å². The van der Waals surface area contributed by atoms with Gasteiger partial charge in [0.1, 0.15) is 5.82 Å². The molecule has 0 aliphatic heterocycles. The number of halogens is 1. The minimum atomic E-state index is -0.106. The number of benzene rings is 8. The number of hydrogen-bond acceptors (Lipinski definition) is 4. The van der Waals surface area contributed by atoms with Crippen molar-refractivity contribution in [2.75, 3.05) is 0 Å². The van der Waals surface area contributed by atoms with Crippen molar-refractivity contribution < 1.29 is 4.39 Å². The average Bonchev–Trinajstić information content (AvgIpc) is 1.37.